The summed E-state index contributed by atoms with van der Waals surface area (Å²) in [6.45, 7) is 9.48. The van der Waals surface area contributed by atoms with E-state index in [9.17, 15) is 0 Å². The number of hydrogen-bond acceptors (Lipinski definition) is 3. The van der Waals surface area contributed by atoms with Crippen LogP contribution in [0.4, 0.5) is 0 Å². The molecule has 0 aliphatic rings. The van der Waals surface area contributed by atoms with Crippen LogP contribution in [0.3, 0.4) is 0 Å². The van der Waals surface area contributed by atoms with Crippen molar-refractivity contribution < 1.29 is 0 Å². The van der Waals surface area contributed by atoms with E-state index < -0.39 is 0 Å². The summed E-state index contributed by atoms with van der Waals surface area (Å²) in [4.78, 5) is 7.01. The van der Waals surface area contributed by atoms with E-state index in [1.165, 1.54) is 5.56 Å². The van der Waals surface area contributed by atoms with Gasteiger partial charge in [-0.05, 0) is 37.7 Å². The van der Waals surface area contributed by atoms with Crippen LogP contribution in [-0.4, -0.2) is 27.5 Å². The minimum atomic E-state index is 0.357. The van der Waals surface area contributed by atoms with Crippen LogP contribution in [0, 0.1) is 18.3 Å². The molecule has 0 amide bonds. The fourth-order valence-corrected chi connectivity index (χ4v) is 2.30. The summed E-state index contributed by atoms with van der Waals surface area (Å²) in [5.41, 5.74) is 3.23. The standard InChI is InChI=1S/C15H20N4/c1-4-18(5-2)11-15-17-13-10-12(3)6-7-14(13)19(15)9-8-16/h6-7,10H,4-5,9,11H2,1-3H3. The van der Waals surface area contributed by atoms with Gasteiger partial charge in [0.25, 0.3) is 0 Å². The van der Waals surface area contributed by atoms with E-state index >= 15 is 0 Å². The zero-order valence-electron chi connectivity index (χ0n) is 11.8. The summed E-state index contributed by atoms with van der Waals surface area (Å²) >= 11 is 0. The van der Waals surface area contributed by atoms with Gasteiger partial charge in [-0.1, -0.05) is 19.9 Å². The Morgan fingerprint density at radius 2 is 2.05 bits per heavy atom. The van der Waals surface area contributed by atoms with Crippen LogP contribution in [0.15, 0.2) is 18.2 Å². The summed E-state index contributed by atoms with van der Waals surface area (Å²) < 4.78 is 2.02. The zero-order chi connectivity index (χ0) is 13.8. The third-order valence-electron chi connectivity index (χ3n) is 3.47. The molecule has 2 rings (SSSR count). The topological polar surface area (TPSA) is 44.9 Å². The van der Waals surface area contributed by atoms with E-state index in [2.05, 4.69) is 49.9 Å². The molecule has 100 valence electrons. The first-order valence-electron chi connectivity index (χ1n) is 6.74. The Morgan fingerprint density at radius 1 is 1.32 bits per heavy atom. The Morgan fingerprint density at radius 3 is 2.68 bits per heavy atom. The van der Waals surface area contributed by atoms with Gasteiger partial charge < -0.3 is 4.57 Å². The molecule has 4 nitrogen and oxygen atoms in total. The molecule has 0 aliphatic carbocycles. The highest BCUT2D eigenvalue weighted by molar-refractivity contribution is 5.77. The summed E-state index contributed by atoms with van der Waals surface area (Å²) in [5.74, 6) is 0.978. The molecule has 0 bridgehead atoms. The highest BCUT2D eigenvalue weighted by Gasteiger charge is 2.12. The van der Waals surface area contributed by atoms with Crippen LogP contribution in [-0.2, 0) is 13.1 Å². The van der Waals surface area contributed by atoms with E-state index in [1.54, 1.807) is 0 Å². The van der Waals surface area contributed by atoms with Gasteiger partial charge in [-0.15, -0.1) is 0 Å². The predicted octanol–water partition coefficient (Wildman–Crippen LogP) is 2.71. The van der Waals surface area contributed by atoms with E-state index in [4.69, 9.17) is 10.2 Å². The lowest BCUT2D eigenvalue weighted by atomic mass is 10.2. The maximum absolute atomic E-state index is 9.01. The van der Waals surface area contributed by atoms with Gasteiger partial charge in [-0.2, -0.15) is 5.26 Å². The van der Waals surface area contributed by atoms with E-state index in [1.807, 2.05) is 4.57 Å². The van der Waals surface area contributed by atoms with Crippen LogP contribution in [0.25, 0.3) is 11.0 Å². The number of rotatable bonds is 5. The molecule has 0 saturated carbocycles. The molecule has 1 aromatic heterocycles. The maximum atomic E-state index is 9.01. The van der Waals surface area contributed by atoms with Crippen molar-refractivity contribution in [3.8, 4) is 6.07 Å². The van der Waals surface area contributed by atoms with Gasteiger partial charge in [0.15, 0.2) is 0 Å². The molecule has 0 N–H and O–H groups in total. The molecular weight excluding hydrogens is 236 g/mol. The molecule has 2 aromatic rings. The van der Waals surface area contributed by atoms with Gasteiger partial charge in [0.05, 0.1) is 23.6 Å². The van der Waals surface area contributed by atoms with Crippen LogP contribution >= 0.6 is 0 Å². The van der Waals surface area contributed by atoms with E-state index in [0.29, 0.717) is 6.54 Å². The molecule has 1 aromatic carbocycles. The fraction of sp³-hybridized carbons (Fsp3) is 0.467. The van der Waals surface area contributed by atoms with Crippen molar-refractivity contribution in [3.05, 3.63) is 29.6 Å². The van der Waals surface area contributed by atoms with Gasteiger partial charge in [-0.25, -0.2) is 4.98 Å². The number of aromatic nitrogens is 2. The Kier molecular flexibility index (Phi) is 4.18. The summed E-state index contributed by atoms with van der Waals surface area (Å²) in [5, 5.41) is 9.01. The van der Waals surface area contributed by atoms with Crippen molar-refractivity contribution in [2.24, 2.45) is 0 Å². The molecule has 0 spiro atoms. The number of nitriles is 1. The molecule has 1 heterocycles. The molecule has 4 heteroatoms. The normalized spacial score (nSPS) is 11.1. The Hall–Kier alpha value is -1.86. The third-order valence-corrected chi connectivity index (χ3v) is 3.47. The molecule has 19 heavy (non-hydrogen) atoms. The number of benzene rings is 1. The van der Waals surface area contributed by atoms with E-state index in [0.717, 1.165) is 36.5 Å². The van der Waals surface area contributed by atoms with Crippen molar-refractivity contribution in [1.82, 2.24) is 14.5 Å². The third kappa shape index (κ3) is 2.77. The lowest BCUT2D eigenvalue weighted by molar-refractivity contribution is 0.285. The number of imidazole rings is 1. The van der Waals surface area contributed by atoms with Crippen LogP contribution < -0.4 is 0 Å². The summed E-state index contributed by atoms with van der Waals surface area (Å²) in [7, 11) is 0. The molecule has 0 aliphatic heterocycles. The highest BCUT2D eigenvalue weighted by Crippen LogP contribution is 2.18. The summed E-state index contributed by atoms with van der Waals surface area (Å²) in [6.07, 6.45) is 0. The molecule has 0 fully saturated rings. The first-order chi connectivity index (χ1) is 9.19. The number of aryl methyl sites for hydroxylation is 1. The molecule has 0 atom stereocenters. The molecule has 0 saturated heterocycles. The smallest absolute Gasteiger partial charge is 0.125 e. The molecule has 0 radical (unpaired) electrons. The van der Waals surface area contributed by atoms with Crippen molar-refractivity contribution in [3.63, 3.8) is 0 Å². The minimum Gasteiger partial charge on any atom is -0.313 e. The second-order valence-electron chi connectivity index (χ2n) is 4.73. The predicted molar refractivity (Wildman–Crippen MR) is 76.7 cm³/mol. The maximum Gasteiger partial charge on any atom is 0.125 e. The zero-order valence-corrected chi connectivity index (χ0v) is 11.8. The SMILES string of the molecule is CCN(CC)Cc1nc2cc(C)ccc2n1CC#N. The van der Waals surface area contributed by atoms with Gasteiger partial charge in [0.1, 0.15) is 12.4 Å². The molecular formula is C15H20N4. The first-order valence-corrected chi connectivity index (χ1v) is 6.74. The molecule has 0 unspecified atom stereocenters. The lowest BCUT2D eigenvalue weighted by Gasteiger charge is -2.17. The first kappa shape index (κ1) is 13.6. The van der Waals surface area contributed by atoms with Gasteiger partial charge >= 0.3 is 0 Å². The Labute approximate surface area is 114 Å². The number of hydrogen-bond donors (Lipinski definition) is 0. The number of nitrogens with zero attached hydrogens (tertiary/aromatic N) is 4. The second-order valence-corrected chi connectivity index (χ2v) is 4.73. The van der Waals surface area contributed by atoms with Crippen molar-refractivity contribution in [2.45, 2.75) is 33.9 Å². The quantitative estimate of drug-likeness (QED) is 0.826. The number of fused-ring (bicyclic) bond motifs is 1. The second kappa shape index (κ2) is 5.85. The average molecular weight is 256 g/mol. The Bertz CT molecular complexity index is 602. The summed E-state index contributed by atoms with van der Waals surface area (Å²) in [6, 6.07) is 8.43. The fourth-order valence-electron chi connectivity index (χ4n) is 2.30. The monoisotopic (exact) mass is 256 g/mol. The Balaban J connectivity index is 2.47. The van der Waals surface area contributed by atoms with Crippen molar-refractivity contribution >= 4 is 11.0 Å². The highest BCUT2D eigenvalue weighted by atomic mass is 15.2. The average Bonchev–Trinajstić information content (AvgIpc) is 2.73. The van der Waals surface area contributed by atoms with Gasteiger partial charge in [-0.3, -0.25) is 4.90 Å². The lowest BCUT2D eigenvalue weighted by Crippen LogP contribution is -2.24. The van der Waals surface area contributed by atoms with Crippen LogP contribution in [0.5, 0.6) is 0 Å². The van der Waals surface area contributed by atoms with E-state index in [-0.39, 0.29) is 0 Å². The largest absolute Gasteiger partial charge is 0.313 e. The van der Waals surface area contributed by atoms with Crippen molar-refractivity contribution in [2.75, 3.05) is 13.1 Å². The van der Waals surface area contributed by atoms with Gasteiger partial charge in [0, 0.05) is 0 Å². The van der Waals surface area contributed by atoms with Crippen LogP contribution in [0.2, 0.25) is 0 Å². The van der Waals surface area contributed by atoms with Crippen LogP contribution in [0.1, 0.15) is 25.2 Å². The van der Waals surface area contributed by atoms with Gasteiger partial charge in [0.2, 0.25) is 0 Å². The minimum absolute atomic E-state index is 0.357. The van der Waals surface area contributed by atoms with Crippen molar-refractivity contribution in [1.29, 1.82) is 5.26 Å².